The summed E-state index contributed by atoms with van der Waals surface area (Å²) in [5, 5.41) is 0. The van der Waals surface area contributed by atoms with Gasteiger partial charge in [0.2, 0.25) is 0 Å². The molecule has 0 bridgehead atoms. The van der Waals surface area contributed by atoms with Crippen LogP contribution in [0.5, 0.6) is 5.75 Å². The summed E-state index contributed by atoms with van der Waals surface area (Å²) >= 11 is 3.18. The minimum atomic E-state index is -0.503. The first kappa shape index (κ1) is 14.8. The van der Waals surface area contributed by atoms with Gasteiger partial charge in [-0.1, -0.05) is 40.2 Å². The van der Waals surface area contributed by atoms with Crippen LogP contribution in [0, 0.1) is 5.82 Å². The van der Waals surface area contributed by atoms with Crippen LogP contribution in [0.4, 0.5) is 4.39 Å². The molecular formula is C17H12BrFO3. The Hall–Kier alpha value is -2.14. The molecule has 0 unspecified atom stereocenters. The maximum atomic E-state index is 13.7. The zero-order chi connectivity index (χ0) is 15.5. The van der Waals surface area contributed by atoms with Crippen LogP contribution in [-0.2, 0) is 16.1 Å². The molecule has 0 amide bonds. The zero-order valence-electron chi connectivity index (χ0n) is 11.5. The third-order valence-corrected chi connectivity index (χ3v) is 3.76. The van der Waals surface area contributed by atoms with E-state index in [0.29, 0.717) is 15.6 Å². The van der Waals surface area contributed by atoms with E-state index in [9.17, 15) is 9.18 Å². The number of para-hydroxylation sites is 1. The molecule has 1 aliphatic rings. The predicted octanol–water partition coefficient (Wildman–Crippen LogP) is 4.11. The lowest BCUT2D eigenvalue weighted by Crippen LogP contribution is -2.17. The number of fused-ring (bicyclic) bond motifs is 1. The second-order valence-corrected chi connectivity index (χ2v) is 5.72. The van der Waals surface area contributed by atoms with E-state index in [0.717, 1.165) is 11.3 Å². The first-order valence-corrected chi connectivity index (χ1v) is 7.46. The number of hydrogen-bond acceptors (Lipinski definition) is 3. The second kappa shape index (κ2) is 6.32. The van der Waals surface area contributed by atoms with E-state index in [4.69, 9.17) is 9.47 Å². The summed E-state index contributed by atoms with van der Waals surface area (Å²) < 4.78 is 25.0. The van der Waals surface area contributed by atoms with Gasteiger partial charge in [0.25, 0.3) is 0 Å². The maximum absolute atomic E-state index is 13.7. The number of carbonyl (C=O) groups is 1. The van der Waals surface area contributed by atoms with Gasteiger partial charge < -0.3 is 9.47 Å². The van der Waals surface area contributed by atoms with Crippen LogP contribution in [0.3, 0.4) is 0 Å². The second-order valence-electron chi connectivity index (χ2n) is 4.81. The molecule has 1 heterocycles. The third kappa shape index (κ3) is 3.20. The van der Waals surface area contributed by atoms with Crippen molar-refractivity contribution < 1.29 is 18.7 Å². The van der Waals surface area contributed by atoms with Gasteiger partial charge in [0.05, 0.1) is 5.57 Å². The van der Waals surface area contributed by atoms with Crippen LogP contribution in [0.1, 0.15) is 11.1 Å². The van der Waals surface area contributed by atoms with Crippen LogP contribution in [0.2, 0.25) is 0 Å². The van der Waals surface area contributed by atoms with Crippen molar-refractivity contribution in [2.45, 2.75) is 6.61 Å². The quantitative estimate of drug-likeness (QED) is 0.770. The molecule has 0 spiro atoms. The number of halogens is 2. The van der Waals surface area contributed by atoms with Gasteiger partial charge in [0.15, 0.2) is 0 Å². The van der Waals surface area contributed by atoms with Crippen LogP contribution in [-0.4, -0.2) is 12.6 Å². The average molecular weight is 363 g/mol. The molecule has 0 N–H and O–H groups in total. The van der Waals surface area contributed by atoms with Crippen LogP contribution >= 0.6 is 15.9 Å². The number of hydrogen-bond donors (Lipinski definition) is 0. The van der Waals surface area contributed by atoms with E-state index in [1.54, 1.807) is 18.2 Å². The van der Waals surface area contributed by atoms with Gasteiger partial charge in [-0.2, -0.15) is 0 Å². The van der Waals surface area contributed by atoms with Crippen molar-refractivity contribution in [1.29, 1.82) is 0 Å². The Labute approximate surface area is 135 Å². The monoisotopic (exact) mass is 362 g/mol. The summed E-state index contributed by atoms with van der Waals surface area (Å²) in [4.78, 5) is 12.1. The van der Waals surface area contributed by atoms with Crippen LogP contribution in [0.15, 0.2) is 52.5 Å². The van der Waals surface area contributed by atoms with Crippen molar-refractivity contribution >= 4 is 28.0 Å². The third-order valence-electron chi connectivity index (χ3n) is 3.27. The maximum Gasteiger partial charge on any atom is 0.337 e. The lowest BCUT2D eigenvalue weighted by molar-refractivity contribution is -0.140. The molecule has 0 fully saturated rings. The summed E-state index contributed by atoms with van der Waals surface area (Å²) in [7, 11) is 0. The number of rotatable bonds is 3. The Kier molecular flexibility index (Phi) is 4.24. The molecule has 3 rings (SSSR count). The SMILES string of the molecule is O=C(OCc1ccc(Br)cc1F)C1=Cc2ccccc2OC1. The van der Waals surface area contributed by atoms with Crippen molar-refractivity contribution in [1.82, 2.24) is 0 Å². The fourth-order valence-corrected chi connectivity index (χ4v) is 2.44. The smallest absolute Gasteiger partial charge is 0.337 e. The van der Waals surface area contributed by atoms with Gasteiger partial charge in [0, 0.05) is 15.6 Å². The molecule has 2 aromatic rings. The van der Waals surface area contributed by atoms with Gasteiger partial charge in [-0.05, 0) is 24.3 Å². The average Bonchev–Trinajstić information content (AvgIpc) is 2.53. The number of ether oxygens (including phenoxy) is 2. The predicted molar refractivity (Wildman–Crippen MR) is 83.8 cm³/mol. The topological polar surface area (TPSA) is 35.5 Å². The molecule has 1 aliphatic heterocycles. The summed E-state index contributed by atoms with van der Waals surface area (Å²) in [6, 6.07) is 12.0. The van der Waals surface area contributed by atoms with Crippen LogP contribution < -0.4 is 4.74 Å². The van der Waals surface area contributed by atoms with Crippen molar-refractivity contribution in [2.75, 3.05) is 6.61 Å². The Balaban J connectivity index is 1.69. The van der Waals surface area contributed by atoms with E-state index in [1.807, 2.05) is 24.3 Å². The Morgan fingerprint density at radius 1 is 1.27 bits per heavy atom. The normalized spacial score (nSPS) is 12.9. The summed E-state index contributed by atoms with van der Waals surface area (Å²) in [6.45, 7) is 0.0373. The molecule has 0 saturated heterocycles. The highest BCUT2D eigenvalue weighted by Gasteiger charge is 2.18. The van der Waals surface area contributed by atoms with Gasteiger partial charge in [0.1, 0.15) is 24.8 Å². The molecule has 2 aromatic carbocycles. The zero-order valence-corrected chi connectivity index (χ0v) is 13.1. The van der Waals surface area contributed by atoms with Crippen LogP contribution in [0.25, 0.3) is 6.08 Å². The van der Waals surface area contributed by atoms with Gasteiger partial charge in [-0.25, -0.2) is 9.18 Å². The highest BCUT2D eigenvalue weighted by atomic mass is 79.9. The molecule has 3 nitrogen and oxygen atoms in total. The molecule has 0 aliphatic carbocycles. The number of benzene rings is 2. The molecule has 0 saturated carbocycles. The Morgan fingerprint density at radius 2 is 2.09 bits per heavy atom. The highest BCUT2D eigenvalue weighted by Crippen LogP contribution is 2.26. The molecular weight excluding hydrogens is 351 g/mol. The summed E-state index contributed by atoms with van der Waals surface area (Å²) in [5.74, 6) is -0.184. The molecule has 0 radical (unpaired) electrons. The highest BCUT2D eigenvalue weighted by molar-refractivity contribution is 9.10. The number of esters is 1. The fraction of sp³-hybridized carbons (Fsp3) is 0.118. The van der Waals surface area contributed by atoms with Gasteiger partial charge in [-0.15, -0.1) is 0 Å². The standard InChI is InChI=1S/C17H12BrFO3/c18-14-6-5-12(15(19)8-14)9-22-17(20)13-7-11-3-1-2-4-16(11)21-10-13/h1-8H,9-10H2. The fourth-order valence-electron chi connectivity index (χ4n) is 2.11. The van der Waals surface area contributed by atoms with Crippen molar-refractivity contribution in [2.24, 2.45) is 0 Å². The van der Waals surface area contributed by atoms with E-state index in [1.165, 1.54) is 6.07 Å². The first-order chi connectivity index (χ1) is 10.6. The Morgan fingerprint density at radius 3 is 2.91 bits per heavy atom. The van der Waals surface area contributed by atoms with E-state index in [-0.39, 0.29) is 13.2 Å². The van der Waals surface area contributed by atoms with E-state index >= 15 is 0 Å². The molecule has 0 aromatic heterocycles. The molecule has 0 atom stereocenters. The Bertz CT molecular complexity index is 755. The molecule has 5 heteroatoms. The molecule has 22 heavy (non-hydrogen) atoms. The summed E-state index contributed by atoms with van der Waals surface area (Å²) in [5.41, 5.74) is 1.57. The minimum absolute atomic E-state index is 0.114. The molecule has 112 valence electrons. The number of carbonyl (C=O) groups excluding carboxylic acids is 1. The first-order valence-electron chi connectivity index (χ1n) is 6.67. The minimum Gasteiger partial charge on any atom is -0.488 e. The van der Waals surface area contributed by atoms with Gasteiger partial charge >= 0.3 is 5.97 Å². The van der Waals surface area contributed by atoms with Crippen molar-refractivity contribution in [3.05, 3.63) is 69.5 Å². The van der Waals surface area contributed by atoms with E-state index in [2.05, 4.69) is 15.9 Å². The van der Waals surface area contributed by atoms with Crippen molar-refractivity contribution in [3.8, 4) is 5.75 Å². The summed E-state index contributed by atoms with van der Waals surface area (Å²) in [6.07, 6.45) is 1.74. The van der Waals surface area contributed by atoms with E-state index < -0.39 is 11.8 Å². The lowest BCUT2D eigenvalue weighted by Gasteiger charge is -2.17. The largest absolute Gasteiger partial charge is 0.488 e. The lowest BCUT2D eigenvalue weighted by atomic mass is 10.1. The van der Waals surface area contributed by atoms with Crippen molar-refractivity contribution in [3.63, 3.8) is 0 Å². The van der Waals surface area contributed by atoms with Gasteiger partial charge in [-0.3, -0.25) is 0 Å².